The zero-order chi connectivity index (χ0) is 17.3. The molecule has 0 N–H and O–H groups in total. The summed E-state index contributed by atoms with van der Waals surface area (Å²) < 4.78 is 24.2. The number of ether oxygens (including phenoxy) is 1. The molecule has 1 aliphatic heterocycles. The van der Waals surface area contributed by atoms with E-state index in [0.717, 1.165) is 4.90 Å². The third-order valence-electron chi connectivity index (χ3n) is 4.21. The fourth-order valence-corrected chi connectivity index (χ4v) is 2.81. The van der Waals surface area contributed by atoms with Gasteiger partial charge in [-0.3, -0.25) is 0 Å². The first kappa shape index (κ1) is 15.9. The maximum Gasteiger partial charge on any atom is 0.495 e. The SMILES string of the molecule is [3H]CCSc1ccc(B2OC(C)(C)C(C)(C)O2)c(C(=O)OC)c1. The van der Waals surface area contributed by atoms with Gasteiger partial charge >= 0.3 is 13.1 Å². The molecule has 1 aromatic carbocycles. The van der Waals surface area contributed by atoms with E-state index in [2.05, 4.69) is 0 Å². The van der Waals surface area contributed by atoms with E-state index in [4.69, 9.17) is 15.4 Å². The van der Waals surface area contributed by atoms with Crippen LogP contribution in [-0.2, 0) is 14.0 Å². The predicted molar refractivity (Wildman–Crippen MR) is 89.9 cm³/mol. The van der Waals surface area contributed by atoms with Gasteiger partial charge in [0.05, 0.1) is 23.9 Å². The quantitative estimate of drug-likeness (QED) is 0.484. The maximum atomic E-state index is 12.2. The molecule has 1 aromatic rings. The first-order chi connectivity index (χ1) is 10.7. The molecule has 4 nitrogen and oxygen atoms in total. The lowest BCUT2D eigenvalue weighted by Gasteiger charge is -2.32. The van der Waals surface area contributed by atoms with Crippen LogP contribution < -0.4 is 5.46 Å². The molecule has 1 aliphatic rings. The smallest absolute Gasteiger partial charge is 0.465 e. The van der Waals surface area contributed by atoms with Crippen molar-refractivity contribution in [2.45, 2.75) is 50.7 Å². The molecule has 1 heterocycles. The minimum Gasteiger partial charge on any atom is -0.465 e. The van der Waals surface area contributed by atoms with Crippen molar-refractivity contribution < 1.29 is 20.2 Å². The van der Waals surface area contributed by atoms with E-state index in [1.165, 1.54) is 18.9 Å². The fourth-order valence-electron chi connectivity index (χ4n) is 2.21. The lowest BCUT2D eigenvalue weighted by atomic mass is 9.76. The highest BCUT2D eigenvalue weighted by Gasteiger charge is 2.52. The van der Waals surface area contributed by atoms with Crippen molar-refractivity contribution in [3.05, 3.63) is 23.8 Å². The highest BCUT2D eigenvalue weighted by molar-refractivity contribution is 7.99. The number of benzene rings is 1. The van der Waals surface area contributed by atoms with Crippen LogP contribution in [0.15, 0.2) is 23.1 Å². The van der Waals surface area contributed by atoms with Crippen molar-refractivity contribution >= 4 is 30.3 Å². The van der Waals surface area contributed by atoms with Crippen LogP contribution in [-0.4, -0.2) is 37.2 Å². The van der Waals surface area contributed by atoms with Gasteiger partial charge in [-0.05, 0) is 51.0 Å². The average molecular weight is 324 g/mol. The molecule has 0 amide bonds. The summed E-state index contributed by atoms with van der Waals surface area (Å²) in [5.41, 5.74) is 0.180. The van der Waals surface area contributed by atoms with E-state index in [0.29, 0.717) is 23.7 Å². The normalized spacial score (nSPS) is 19.9. The number of hydrogen-bond donors (Lipinski definition) is 0. The predicted octanol–water partition coefficient (Wildman–Crippen LogP) is 2.88. The van der Waals surface area contributed by atoms with Gasteiger partial charge < -0.3 is 14.0 Å². The fraction of sp³-hybridized carbons (Fsp3) is 0.562. The van der Waals surface area contributed by atoms with Crippen LogP contribution in [0.5, 0.6) is 0 Å². The van der Waals surface area contributed by atoms with Crippen LogP contribution in [0.3, 0.4) is 0 Å². The third-order valence-corrected chi connectivity index (χ3v) is 5.00. The van der Waals surface area contributed by atoms with Gasteiger partial charge in [0.2, 0.25) is 0 Å². The van der Waals surface area contributed by atoms with Gasteiger partial charge in [0.1, 0.15) is 0 Å². The lowest BCUT2D eigenvalue weighted by Crippen LogP contribution is -2.41. The monoisotopic (exact) mass is 324 g/mol. The number of carbonyl (C=O) groups excluding carboxylic acids is 1. The minimum absolute atomic E-state index is 0.331. The van der Waals surface area contributed by atoms with Crippen LogP contribution in [0.4, 0.5) is 0 Å². The number of thioether (sulfide) groups is 1. The van der Waals surface area contributed by atoms with Crippen LogP contribution in [0.1, 0.15) is 46.3 Å². The molecule has 6 heteroatoms. The van der Waals surface area contributed by atoms with Crippen LogP contribution in [0.25, 0.3) is 0 Å². The third kappa shape index (κ3) is 3.19. The van der Waals surface area contributed by atoms with Crippen LogP contribution in [0, 0.1) is 0 Å². The van der Waals surface area contributed by atoms with Gasteiger partial charge in [0.25, 0.3) is 0 Å². The first-order valence-corrected chi connectivity index (χ1v) is 8.20. The van der Waals surface area contributed by atoms with Crippen molar-refractivity contribution in [2.75, 3.05) is 12.9 Å². The van der Waals surface area contributed by atoms with Crippen molar-refractivity contribution in [1.29, 1.82) is 0 Å². The lowest BCUT2D eigenvalue weighted by molar-refractivity contribution is 0.00578. The van der Waals surface area contributed by atoms with E-state index in [1.807, 2.05) is 39.8 Å². The van der Waals surface area contributed by atoms with Gasteiger partial charge in [-0.15, -0.1) is 11.8 Å². The van der Waals surface area contributed by atoms with E-state index < -0.39 is 24.3 Å². The largest absolute Gasteiger partial charge is 0.495 e. The highest BCUT2D eigenvalue weighted by atomic mass is 32.2. The first-order valence-electron chi connectivity index (χ1n) is 7.92. The minimum atomic E-state index is -0.607. The van der Waals surface area contributed by atoms with Gasteiger partial charge in [-0.2, -0.15) is 0 Å². The Bertz CT molecular complexity index is 575. The van der Waals surface area contributed by atoms with Gasteiger partial charge in [0, 0.05) is 6.27 Å². The molecule has 2 rings (SSSR count). The Kier molecular flexibility index (Phi) is 4.53. The van der Waals surface area contributed by atoms with Gasteiger partial charge in [0.15, 0.2) is 0 Å². The van der Waals surface area contributed by atoms with Gasteiger partial charge in [-0.1, -0.05) is 13.0 Å². The van der Waals surface area contributed by atoms with Crippen LogP contribution >= 0.6 is 11.8 Å². The summed E-state index contributed by atoms with van der Waals surface area (Å²) in [6.45, 7) is 8.23. The van der Waals surface area contributed by atoms with E-state index >= 15 is 0 Å². The summed E-state index contributed by atoms with van der Waals surface area (Å²) >= 11 is 1.54. The zero-order valence-electron chi connectivity index (χ0n) is 14.8. The molecule has 0 aliphatic carbocycles. The second-order valence-electron chi connectivity index (χ2n) is 6.18. The molecule has 120 valence electrons. The Morgan fingerprint density at radius 1 is 1.32 bits per heavy atom. The molecule has 22 heavy (non-hydrogen) atoms. The number of methoxy groups -OCH3 is 1. The summed E-state index contributed by atoms with van der Waals surface area (Å²) in [5.74, 6) is 0.263. The maximum absolute atomic E-state index is 12.2. The molecular formula is C16H23BO4S. The Morgan fingerprint density at radius 2 is 1.95 bits per heavy atom. The molecule has 0 spiro atoms. The summed E-state index contributed by atoms with van der Waals surface area (Å²) in [5, 5.41) is 0. The molecule has 0 bridgehead atoms. The van der Waals surface area contributed by atoms with Gasteiger partial charge in [-0.25, -0.2) is 4.79 Å². The Hall–Kier alpha value is -0.975. The summed E-state index contributed by atoms with van der Waals surface area (Å²) in [6, 6.07) is 5.56. The summed E-state index contributed by atoms with van der Waals surface area (Å²) in [4.78, 5) is 13.1. The van der Waals surface area contributed by atoms with E-state index in [-0.39, 0.29) is 0 Å². The van der Waals surface area contributed by atoms with Crippen molar-refractivity contribution in [3.63, 3.8) is 0 Å². The second kappa shape index (κ2) is 6.26. The van der Waals surface area contributed by atoms with E-state index in [1.54, 1.807) is 6.07 Å². The molecular weight excluding hydrogens is 299 g/mol. The van der Waals surface area contributed by atoms with Crippen LogP contribution in [0.2, 0.25) is 0 Å². The number of carbonyl (C=O) groups is 1. The summed E-state index contributed by atoms with van der Waals surface area (Å²) in [6.07, 6.45) is 0. The van der Waals surface area contributed by atoms with Crippen molar-refractivity contribution in [1.82, 2.24) is 0 Å². The Balaban J connectivity index is 2.37. The topological polar surface area (TPSA) is 44.8 Å². The molecule has 1 fully saturated rings. The molecule has 0 saturated carbocycles. The Morgan fingerprint density at radius 3 is 2.50 bits per heavy atom. The molecule has 0 unspecified atom stereocenters. The van der Waals surface area contributed by atoms with Crippen molar-refractivity contribution in [2.24, 2.45) is 0 Å². The standard InChI is InChI=1S/C16H23BO4S/c1-7-22-11-8-9-13(12(10-11)14(18)19-6)17-20-15(2,3)16(4,5)21-17/h8-10H,7H2,1-6H3/i1T. The average Bonchev–Trinajstić information content (AvgIpc) is 2.72. The zero-order valence-corrected chi connectivity index (χ0v) is 14.6. The highest BCUT2D eigenvalue weighted by Crippen LogP contribution is 2.37. The number of rotatable bonds is 4. The molecule has 0 radical (unpaired) electrons. The van der Waals surface area contributed by atoms with Crippen molar-refractivity contribution in [3.8, 4) is 0 Å². The molecule has 0 atom stereocenters. The molecule has 1 saturated heterocycles. The Labute approximate surface area is 138 Å². The molecule has 0 aromatic heterocycles. The number of esters is 1. The van der Waals surface area contributed by atoms with E-state index in [9.17, 15) is 4.79 Å². The summed E-state index contributed by atoms with van der Waals surface area (Å²) in [7, 11) is 0.754. The second-order valence-corrected chi connectivity index (χ2v) is 7.35. The number of hydrogen-bond acceptors (Lipinski definition) is 5.